The molecule has 80 valence electrons. The van der Waals surface area contributed by atoms with Crippen LogP contribution in [0.25, 0.3) is 0 Å². The summed E-state index contributed by atoms with van der Waals surface area (Å²) in [5.74, 6) is 0.695. The molecule has 1 saturated heterocycles. The number of hydrogen-bond acceptors (Lipinski definition) is 2. The van der Waals surface area contributed by atoms with Crippen molar-refractivity contribution in [1.29, 1.82) is 0 Å². The first-order valence-electron chi connectivity index (χ1n) is 5.67. The van der Waals surface area contributed by atoms with Crippen molar-refractivity contribution in [3.63, 3.8) is 0 Å². The third kappa shape index (κ3) is 1.65. The van der Waals surface area contributed by atoms with Gasteiger partial charge >= 0.3 is 0 Å². The Morgan fingerprint density at radius 1 is 1.50 bits per heavy atom. The Kier molecular flexibility index (Phi) is 2.77. The van der Waals surface area contributed by atoms with Crippen LogP contribution in [0.1, 0.15) is 39.0 Å². The van der Waals surface area contributed by atoms with Gasteiger partial charge in [-0.1, -0.05) is 19.8 Å². The van der Waals surface area contributed by atoms with Gasteiger partial charge in [0.25, 0.3) is 0 Å². The molecule has 0 radical (unpaired) electrons. The first-order valence-corrected chi connectivity index (χ1v) is 5.67. The van der Waals surface area contributed by atoms with E-state index in [9.17, 15) is 4.79 Å². The maximum Gasteiger partial charge on any atom is 0.246 e. The summed E-state index contributed by atoms with van der Waals surface area (Å²) >= 11 is 0. The molecule has 2 aliphatic rings. The summed E-state index contributed by atoms with van der Waals surface area (Å²) < 4.78 is 5.80. The van der Waals surface area contributed by atoms with Gasteiger partial charge in [0.15, 0.2) is 0 Å². The second-order valence-corrected chi connectivity index (χ2v) is 4.47. The number of ether oxygens (including phenoxy) is 1. The monoisotopic (exact) mass is 197 g/mol. The zero-order valence-corrected chi connectivity index (χ0v) is 8.84. The highest BCUT2D eigenvalue weighted by Crippen LogP contribution is 2.39. The van der Waals surface area contributed by atoms with Crippen LogP contribution in [0.3, 0.4) is 0 Å². The van der Waals surface area contributed by atoms with E-state index in [4.69, 9.17) is 4.74 Å². The molecule has 1 aliphatic carbocycles. The maximum absolute atomic E-state index is 11.0. The summed E-state index contributed by atoms with van der Waals surface area (Å²) in [5, 5.41) is 2.94. The van der Waals surface area contributed by atoms with E-state index in [0.29, 0.717) is 12.5 Å². The molecule has 0 spiro atoms. The largest absolute Gasteiger partial charge is 0.363 e. The minimum Gasteiger partial charge on any atom is -0.363 e. The van der Waals surface area contributed by atoms with Crippen molar-refractivity contribution in [3.8, 4) is 0 Å². The van der Waals surface area contributed by atoms with Gasteiger partial charge in [0, 0.05) is 6.54 Å². The van der Waals surface area contributed by atoms with E-state index in [-0.39, 0.29) is 18.1 Å². The Labute approximate surface area is 85.2 Å². The molecule has 1 amide bonds. The number of amides is 1. The molecule has 0 bridgehead atoms. The average molecular weight is 197 g/mol. The zero-order valence-electron chi connectivity index (χ0n) is 8.84. The molecule has 1 atom stereocenters. The van der Waals surface area contributed by atoms with Crippen LogP contribution in [0.15, 0.2) is 0 Å². The van der Waals surface area contributed by atoms with Gasteiger partial charge in [-0.15, -0.1) is 0 Å². The lowest BCUT2D eigenvalue weighted by atomic mass is 9.82. The summed E-state index contributed by atoms with van der Waals surface area (Å²) in [6.07, 6.45) is 6.19. The number of rotatable bonds is 2. The first-order chi connectivity index (χ1) is 6.77. The number of carbonyl (C=O) groups excluding carboxylic acids is 1. The standard InChI is InChI=1S/C11H19NO2/c1-2-11(9-5-3-4-6-9)8-12-10(13)7-14-11/h9H,2-8H2,1H3,(H,12,13). The minimum atomic E-state index is -0.0512. The van der Waals surface area contributed by atoms with Crippen molar-refractivity contribution >= 4 is 5.91 Å². The topological polar surface area (TPSA) is 38.3 Å². The molecule has 1 unspecified atom stereocenters. The van der Waals surface area contributed by atoms with Gasteiger partial charge in [0.2, 0.25) is 5.91 Å². The highest BCUT2D eigenvalue weighted by molar-refractivity contribution is 5.78. The fourth-order valence-corrected chi connectivity index (χ4v) is 2.79. The summed E-state index contributed by atoms with van der Waals surface area (Å²) in [7, 11) is 0. The smallest absolute Gasteiger partial charge is 0.246 e. The third-order valence-electron chi connectivity index (χ3n) is 3.77. The molecule has 2 fully saturated rings. The summed E-state index contributed by atoms with van der Waals surface area (Å²) in [6.45, 7) is 3.13. The van der Waals surface area contributed by atoms with Crippen LogP contribution in [-0.2, 0) is 9.53 Å². The summed E-state index contributed by atoms with van der Waals surface area (Å²) in [5.41, 5.74) is -0.0512. The van der Waals surface area contributed by atoms with E-state index in [1.165, 1.54) is 25.7 Å². The van der Waals surface area contributed by atoms with E-state index in [0.717, 1.165) is 6.42 Å². The lowest BCUT2D eigenvalue weighted by Crippen LogP contribution is -2.55. The van der Waals surface area contributed by atoms with Crippen molar-refractivity contribution < 1.29 is 9.53 Å². The van der Waals surface area contributed by atoms with Crippen LogP contribution in [0.2, 0.25) is 0 Å². The quantitative estimate of drug-likeness (QED) is 0.728. The van der Waals surface area contributed by atoms with Gasteiger partial charge in [0.05, 0.1) is 5.60 Å². The Bertz CT molecular complexity index is 211. The van der Waals surface area contributed by atoms with Crippen LogP contribution in [0, 0.1) is 5.92 Å². The highest BCUT2D eigenvalue weighted by Gasteiger charge is 2.42. The fourth-order valence-electron chi connectivity index (χ4n) is 2.79. The van der Waals surface area contributed by atoms with Gasteiger partial charge in [-0.05, 0) is 25.2 Å². The molecule has 2 rings (SSSR count). The molecule has 14 heavy (non-hydrogen) atoms. The molecule has 3 nitrogen and oxygen atoms in total. The Balaban J connectivity index is 2.05. The van der Waals surface area contributed by atoms with E-state index in [1.54, 1.807) is 0 Å². The van der Waals surface area contributed by atoms with Crippen LogP contribution in [-0.4, -0.2) is 24.7 Å². The first kappa shape index (κ1) is 9.97. The van der Waals surface area contributed by atoms with Crippen molar-refractivity contribution in [2.75, 3.05) is 13.2 Å². The SMILES string of the molecule is CCC1(C2CCCC2)CNC(=O)CO1. The zero-order chi connectivity index (χ0) is 10.0. The van der Waals surface area contributed by atoms with Crippen LogP contribution >= 0.6 is 0 Å². The molecule has 1 N–H and O–H groups in total. The maximum atomic E-state index is 11.0. The molecule has 1 saturated carbocycles. The van der Waals surface area contributed by atoms with Crippen molar-refractivity contribution in [2.45, 2.75) is 44.6 Å². The molecule has 0 aromatic rings. The number of hydrogen-bond donors (Lipinski definition) is 1. The lowest BCUT2D eigenvalue weighted by Gasteiger charge is -2.41. The van der Waals surface area contributed by atoms with Gasteiger partial charge in [-0.2, -0.15) is 0 Å². The van der Waals surface area contributed by atoms with Gasteiger partial charge < -0.3 is 10.1 Å². The lowest BCUT2D eigenvalue weighted by molar-refractivity contribution is -0.152. The Hall–Kier alpha value is -0.570. The summed E-state index contributed by atoms with van der Waals surface area (Å²) in [4.78, 5) is 11.0. The van der Waals surface area contributed by atoms with E-state index < -0.39 is 0 Å². The Morgan fingerprint density at radius 2 is 2.21 bits per heavy atom. The molecule has 1 heterocycles. The molecular formula is C11H19NO2. The van der Waals surface area contributed by atoms with Gasteiger partial charge in [0.1, 0.15) is 6.61 Å². The van der Waals surface area contributed by atoms with E-state index >= 15 is 0 Å². The average Bonchev–Trinajstić information content (AvgIpc) is 2.73. The molecular weight excluding hydrogens is 178 g/mol. The minimum absolute atomic E-state index is 0.0343. The normalized spacial score (nSPS) is 34.5. The van der Waals surface area contributed by atoms with Crippen LogP contribution < -0.4 is 5.32 Å². The van der Waals surface area contributed by atoms with Crippen molar-refractivity contribution in [2.24, 2.45) is 5.92 Å². The van der Waals surface area contributed by atoms with E-state index in [2.05, 4.69) is 12.2 Å². The molecule has 1 aliphatic heterocycles. The van der Waals surface area contributed by atoms with Crippen molar-refractivity contribution in [1.82, 2.24) is 5.32 Å². The predicted molar refractivity (Wildman–Crippen MR) is 53.9 cm³/mol. The number of nitrogens with one attached hydrogen (secondary N) is 1. The molecule has 0 aromatic carbocycles. The van der Waals surface area contributed by atoms with Gasteiger partial charge in [-0.25, -0.2) is 0 Å². The third-order valence-corrected chi connectivity index (χ3v) is 3.77. The highest BCUT2D eigenvalue weighted by atomic mass is 16.5. The van der Waals surface area contributed by atoms with E-state index in [1.807, 2.05) is 0 Å². The number of morpholine rings is 1. The predicted octanol–water partition coefficient (Wildman–Crippen LogP) is 1.47. The van der Waals surface area contributed by atoms with Gasteiger partial charge in [-0.3, -0.25) is 4.79 Å². The second kappa shape index (κ2) is 3.89. The second-order valence-electron chi connectivity index (χ2n) is 4.47. The summed E-state index contributed by atoms with van der Waals surface area (Å²) in [6, 6.07) is 0. The Morgan fingerprint density at radius 3 is 2.71 bits per heavy atom. The fraction of sp³-hybridized carbons (Fsp3) is 0.909. The van der Waals surface area contributed by atoms with Crippen LogP contribution in [0.4, 0.5) is 0 Å². The molecule has 3 heteroatoms. The van der Waals surface area contributed by atoms with Crippen LogP contribution in [0.5, 0.6) is 0 Å². The van der Waals surface area contributed by atoms with Crippen molar-refractivity contribution in [3.05, 3.63) is 0 Å². The molecule has 0 aromatic heterocycles. The number of carbonyl (C=O) groups is 1.